The van der Waals surface area contributed by atoms with E-state index < -0.39 is 12.0 Å². The van der Waals surface area contributed by atoms with Crippen molar-refractivity contribution in [3.8, 4) is 6.07 Å². The SMILES string of the molecule is N#Cc1ccc(CN2C(=O)CCC2C(=O)O)s1. The fourth-order valence-electron chi connectivity index (χ4n) is 1.88. The molecule has 1 aliphatic heterocycles. The van der Waals surface area contributed by atoms with Crippen LogP contribution in [0.1, 0.15) is 22.6 Å². The number of aliphatic carboxylic acids is 1. The van der Waals surface area contributed by atoms with E-state index in [0.29, 0.717) is 11.3 Å². The summed E-state index contributed by atoms with van der Waals surface area (Å²) in [6, 6.07) is 4.72. The standard InChI is InChI=1S/C11H10N2O3S/c12-5-7-1-2-8(17-7)6-13-9(11(15)16)3-4-10(13)14/h1-2,9H,3-4,6H2,(H,15,16). The molecule has 1 fully saturated rings. The molecule has 0 radical (unpaired) electrons. The lowest BCUT2D eigenvalue weighted by Crippen LogP contribution is -2.37. The second-order valence-corrected chi connectivity index (χ2v) is 4.96. The Labute approximate surface area is 102 Å². The number of carboxylic acid groups (broad SMARTS) is 1. The molecule has 88 valence electrons. The molecule has 5 nitrogen and oxygen atoms in total. The van der Waals surface area contributed by atoms with Crippen molar-refractivity contribution in [2.75, 3.05) is 0 Å². The fourth-order valence-corrected chi connectivity index (χ4v) is 2.68. The Morgan fingerprint density at radius 3 is 3.00 bits per heavy atom. The number of carboxylic acids is 1. The van der Waals surface area contributed by atoms with Crippen molar-refractivity contribution in [1.82, 2.24) is 4.90 Å². The third kappa shape index (κ3) is 2.29. The zero-order valence-corrected chi connectivity index (χ0v) is 9.74. The van der Waals surface area contributed by atoms with Crippen molar-refractivity contribution < 1.29 is 14.7 Å². The Morgan fingerprint density at radius 2 is 2.41 bits per heavy atom. The van der Waals surface area contributed by atoms with E-state index in [9.17, 15) is 9.59 Å². The van der Waals surface area contributed by atoms with E-state index in [1.165, 1.54) is 16.2 Å². The molecule has 1 saturated heterocycles. The molecule has 0 bridgehead atoms. The number of amides is 1. The summed E-state index contributed by atoms with van der Waals surface area (Å²) in [4.78, 5) is 25.3. The summed E-state index contributed by atoms with van der Waals surface area (Å²) in [6.07, 6.45) is 0.651. The highest BCUT2D eigenvalue weighted by molar-refractivity contribution is 7.12. The second-order valence-electron chi connectivity index (χ2n) is 3.79. The van der Waals surface area contributed by atoms with Crippen LogP contribution in [-0.2, 0) is 16.1 Å². The minimum Gasteiger partial charge on any atom is -0.480 e. The van der Waals surface area contributed by atoms with Crippen molar-refractivity contribution in [3.05, 3.63) is 21.9 Å². The molecule has 2 heterocycles. The first-order chi connectivity index (χ1) is 8.11. The quantitative estimate of drug-likeness (QED) is 0.873. The van der Waals surface area contributed by atoms with Gasteiger partial charge >= 0.3 is 5.97 Å². The Balaban J connectivity index is 2.14. The summed E-state index contributed by atoms with van der Waals surface area (Å²) in [5, 5.41) is 17.7. The molecule has 1 amide bonds. The first kappa shape index (κ1) is 11.6. The van der Waals surface area contributed by atoms with Gasteiger partial charge in [-0.15, -0.1) is 11.3 Å². The van der Waals surface area contributed by atoms with E-state index in [4.69, 9.17) is 10.4 Å². The van der Waals surface area contributed by atoms with Gasteiger partial charge in [0.05, 0.1) is 6.54 Å². The third-order valence-electron chi connectivity index (χ3n) is 2.71. The molecule has 1 atom stereocenters. The van der Waals surface area contributed by atoms with Crippen molar-refractivity contribution in [1.29, 1.82) is 5.26 Å². The molecule has 0 saturated carbocycles. The van der Waals surface area contributed by atoms with Gasteiger partial charge in [0.15, 0.2) is 0 Å². The van der Waals surface area contributed by atoms with Gasteiger partial charge in [-0.3, -0.25) is 4.79 Å². The summed E-state index contributed by atoms with van der Waals surface area (Å²) in [5.74, 6) is -1.10. The number of nitrogens with zero attached hydrogens (tertiary/aromatic N) is 2. The van der Waals surface area contributed by atoms with Crippen LogP contribution in [0.4, 0.5) is 0 Å². The number of likely N-dealkylation sites (tertiary alicyclic amines) is 1. The van der Waals surface area contributed by atoms with Gasteiger partial charge < -0.3 is 10.0 Å². The van der Waals surface area contributed by atoms with E-state index >= 15 is 0 Å². The van der Waals surface area contributed by atoms with Crippen molar-refractivity contribution >= 4 is 23.2 Å². The van der Waals surface area contributed by atoms with Crippen LogP contribution in [0, 0.1) is 11.3 Å². The van der Waals surface area contributed by atoms with Gasteiger partial charge in [0.2, 0.25) is 5.91 Å². The largest absolute Gasteiger partial charge is 0.480 e. The Kier molecular flexibility index (Phi) is 3.11. The molecule has 0 aromatic carbocycles. The number of hydrogen-bond acceptors (Lipinski definition) is 4. The van der Waals surface area contributed by atoms with Crippen molar-refractivity contribution in [2.45, 2.75) is 25.4 Å². The van der Waals surface area contributed by atoms with Crippen molar-refractivity contribution in [2.24, 2.45) is 0 Å². The number of carbonyl (C=O) groups excluding carboxylic acids is 1. The molecular weight excluding hydrogens is 240 g/mol. The summed E-state index contributed by atoms with van der Waals surface area (Å²) < 4.78 is 0. The highest BCUT2D eigenvalue weighted by Crippen LogP contribution is 2.24. The lowest BCUT2D eigenvalue weighted by atomic mass is 10.2. The second kappa shape index (κ2) is 4.55. The minimum atomic E-state index is -0.965. The third-order valence-corrected chi connectivity index (χ3v) is 3.69. The van der Waals surface area contributed by atoms with Crippen LogP contribution in [-0.4, -0.2) is 27.9 Å². The molecule has 2 rings (SSSR count). The molecule has 17 heavy (non-hydrogen) atoms. The van der Waals surface area contributed by atoms with Crippen LogP contribution < -0.4 is 0 Å². The van der Waals surface area contributed by atoms with E-state index in [2.05, 4.69) is 0 Å². The van der Waals surface area contributed by atoms with Gasteiger partial charge in [-0.2, -0.15) is 5.26 Å². The van der Waals surface area contributed by atoms with Crippen LogP contribution >= 0.6 is 11.3 Å². The smallest absolute Gasteiger partial charge is 0.326 e. The average molecular weight is 250 g/mol. The van der Waals surface area contributed by atoms with E-state index in [0.717, 1.165) is 4.88 Å². The molecule has 6 heteroatoms. The number of nitriles is 1. The molecule has 1 N–H and O–H groups in total. The monoisotopic (exact) mass is 250 g/mol. The van der Waals surface area contributed by atoms with Gasteiger partial charge in [0.1, 0.15) is 17.0 Å². The maximum absolute atomic E-state index is 11.6. The first-order valence-electron chi connectivity index (χ1n) is 5.13. The topological polar surface area (TPSA) is 81.4 Å². The number of hydrogen-bond donors (Lipinski definition) is 1. The van der Waals surface area contributed by atoms with E-state index in [1.807, 2.05) is 6.07 Å². The van der Waals surface area contributed by atoms with Crippen LogP contribution in [0.25, 0.3) is 0 Å². The van der Waals surface area contributed by atoms with Crippen LogP contribution in [0.2, 0.25) is 0 Å². The fraction of sp³-hybridized carbons (Fsp3) is 0.364. The lowest BCUT2D eigenvalue weighted by Gasteiger charge is -2.20. The Bertz CT molecular complexity index is 503. The van der Waals surface area contributed by atoms with Gasteiger partial charge in [0.25, 0.3) is 0 Å². The zero-order chi connectivity index (χ0) is 12.4. The summed E-state index contributed by atoms with van der Waals surface area (Å²) in [6.45, 7) is 0.280. The number of rotatable bonds is 3. The normalized spacial score (nSPS) is 19.4. The van der Waals surface area contributed by atoms with Gasteiger partial charge in [-0.1, -0.05) is 0 Å². The predicted molar refractivity (Wildman–Crippen MR) is 60.2 cm³/mol. The van der Waals surface area contributed by atoms with Crippen LogP contribution in [0.15, 0.2) is 12.1 Å². The van der Waals surface area contributed by atoms with Gasteiger partial charge in [-0.05, 0) is 18.6 Å². The highest BCUT2D eigenvalue weighted by Gasteiger charge is 2.35. The molecule has 1 aromatic heterocycles. The highest BCUT2D eigenvalue weighted by atomic mass is 32.1. The molecular formula is C11H10N2O3S. The van der Waals surface area contributed by atoms with E-state index in [1.54, 1.807) is 12.1 Å². The van der Waals surface area contributed by atoms with Crippen LogP contribution in [0.5, 0.6) is 0 Å². The number of thiophene rings is 1. The molecule has 1 aromatic rings. The summed E-state index contributed by atoms with van der Waals surface area (Å²) >= 11 is 1.29. The Morgan fingerprint density at radius 1 is 1.65 bits per heavy atom. The maximum Gasteiger partial charge on any atom is 0.326 e. The first-order valence-corrected chi connectivity index (χ1v) is 5.94. The predicted octanol–water partition coefficient (Wildman–Crippen LogP) is 1.20. The lowest BCUT2D eigenvalue weighted by molar-refractivity contribution is -0.146. The average Bonchev–Trinajstić information content (AvgIpc) is 2.87. The molecule has 1 aliphatic rings. The number of carbonyl (C=O) groups is 2. The maximum atomic E-state index is 11.6. The van der Waals surface area contributed by atoms with Gasteiger partial charge in [-0.25, -0.2) is 4.79 Å². The van der Waals surface area contributed by atoms with Crippen LogP contribution in [0.3, 0.4) is 0 Å². The minimum absolute atomic E-state index is 0.135. The van der Waals surface area contributed by atoms with Gasteiger partial charge in [0, 0.05) is 11.3 Å². The summed E-state index contributed by atoms with van der Waals surface area (Å²) in [7, 11) is 0. The Hall–Kier alpha value is -1.87. The van der Waals surface area contributed by atoms with Crippen molar-refractivity contribution in [3.63, 3.8) is 0 Å². The van der Waals surface area contributed by atoms with E-state index in [-0.39, 0.29) is 18.9 Å². The zero-order valence-electron chi connectivity index (χ0n) is 8.92. The molecule has 0 aliphatic carbocycles. The molecule has 0 spiro atoms. The molecule has 1 unspecified atom stereocenters. The summed E-state index contributed by atoms with van der Waals surface area (Å²) in [5.41, 5.74) is 0.